The molecule has 0 aliphatic heterocycles. The van der Waals surface area contributed by atoms with Crippen LogP contribution in [0.5, 0.6) is 0 Å². The molecule has 0 radical (unpaired) electrons. The fraction of sp³-hybridized carbons (Fsp3) is 0.588. The van der Waals surface area contributed by atoms with Crippen molar-refractivity contribution in [1.82, 2.24) is 5.32 Å². The van der Waals surface area contributed by atoms with Crippen LogP contribution in [0.25, 0.3) is 0 Å². The van der Waals surface area contributed by atoms with Crippen LogP contribution in [0.1, 0.15) is 46.6 Å². The minimum absolute atomic E-state index is 0.130. The van der Waals surface area contributed by atoms with Crippen molar-refractivity contribution < 1.29 is 9.53 Å². The van der Waals surface area contributed by atoms with Gasteiger partial charge in [-0.2, -0.15) is 0 Å². The van der Waals surface area contributed by atoms with E-state index in [0.717, 1.165) is 6.54 Å². The lowest BCUT2D eigenvalue weighted by molar-refractivity contribution is -0.155. The average Bonchev–Trinajstić information content (AvgIpc) is 2.33. The van der Waals surface area contributed by atoms with Gasteiger partial charge >= 0.3 is 5.97 Å². The molecule has 0 bridgehead atoms. The molecule has 1 aromatic carbocycles. The summed E-state index contributed by atoms with van der Waals surface area (Å²) in [5.74, 6) is 0.239. The second kappa shape index (κ2) is 7.44. The van der Waals surface area contributed by atoms with Gasteiger partial charge in [0.1, 0.15) is 5.60 Å². The number of benzene rings is 1. The van der Waals surface area contributed by atoms with Crippen molar-refractivity contribution in [2.75, 3.05) is 0 Å². The third-order valence-corrected chi connectivity index (χ3v) is 3.02. The monoisotopic (exact) mass is 277 g/mol. The molecule has 1 rings (SSSR count). The van der Waals surface area contributed by atoms with Gasteiger partial charge in [0, 0.05) is 12.6 Å². The van der Waals surface area contributed by atoms with Crippen LogP contribution in [0.4, 0.5) is 0 Å². The number of esters is 1. The topological polar surface area (TPSA) is 38.3 Å². The molecule has 0 heterocycles. The highest BCUT2D eigenvalue weighted by Crippen LogP contribution is 2.13. The fourth-order valence-corrected chi connectivity index (χ4v) is 1.95. The quantitative estimate of drug-likeness (QED) is 0.808. The van der Waals surface area contributed by atoms with E-state index in [-0.39, 0.29) is 12.0 Å². The average molecular weight is 277 g/mol. The number of carbonyl (C=O) groups excluding carboxylic acids is 1. The second-order valence-electron chi connectivity index (χ2n) is 6.51. The summed E-state index contributed by atoms with van der Waals surface area (Å²) in [6.07, 6.45) is 0.405. The zero-order chi connectivity index (χ0) is 15.2. The van der Waals surface area contributed by atoms with Gasteiger partial charge < -0.3 is 10.1 Å². The van der Waals surface area contributed by atoms with E-state index in [0.29, 0.717) is 12.3 Å². The molecule has 0 aromatic heterocycles. The van der Waals surface area contributed by atoms with E-state index >= 15 is 0 Å². The summed E-state index contributed by atoms with van der Waals surface area (Å²) in [7, 11) is 0. The zero-order valence-electron chi connectivity index (χ0n) is 13.3. The highest BCUT2D eigenvalue weighted by atomic mass is 16.6. The van der Waals surface area contributed by atoms with Crippen molar-refractivity contribution in [3.63, 3.8) is 0 Å². The summed E-state index contributed by atoms with van der Waals surface area (Å²) < 4.78 is 5.39. The summed E-state index contributed by atoms with van der Waals surface area (Å²) >= 11 is 0. The number of carbonyl (C=O) groups is 1. The Morgan fingerprint density at radius 3 is 2.30 bits per heavy atom. The molecule has 1 aromatic rings. The van der Waals surface area contributed by atoms with Crippen LogP contribution >= 0.6 is 0 Å². The van der Waals surface area contributed by atoms with Gasteiger partial charge in [-0.05, 0) is 32.3 Å². The highest BCUT2D eigenvalue weighted by molar-refractivity contribution is 5.70. The van der Waals surface area contributed by atoms with E-state index in [4.69, 9.17) is 4.74 Å². The van der Waals surface area contributed by atoms with Crippen molar-refractivity contribution in [1.29, 1.82) is 0 Å². The Labute approximate surface area is 122 Å². The van der Waals surface area contributed by atoms with E-state index in [1.807, 2.05) is 39.0 Å². The number of hydrogen-bond acceptors (Lipinski definition) is 3. The molecule has 20 heavy (non-hydrogen) atoms. The first-order valence-electron chi connectivity index (χ1n) is 7.27. The molecule has 0 aliphatic carbocycles. The standard InChI is InChI=1S/C17H27NO2/c1-13(2)15(11-16(19)20-17(3,4)5)18-12-14-9-7-6-8-10-14/h6-10,13,15,18H,11-12H2,1-5H3/t15-/m1/s1. The molecule has 0 spiro atoms. The lowest BCUT2D eigenvalue weighted by Gasteiger charge is -2.25. The van der Waals surface area contributed by atoms with Crippen molar-refractivity contribution in [3.8, 4) is 0 Å². The molecule has 0 amide bonds. The van der Waals surface area contributed by atoms with Crippen LogP contribution in [0.15, 0.2) is 30.3 Å². The number of ether oxygens (including phenoxy) is 1. The Morgan fingerprint density at radius 1 is 1.20 bits per heavy atom. The minimum Gasteiger partial charge on any atom is -0.460 e. The van der Waals surface area contributed by atoms with Crippen LogP contribution in [0, 0.1) is 5.92 Å². The van der Waals surface area contributed by atoms with Crippen LogP contribution in [0.2, 0.25) is 0 Å². The van der Waals surface area contributed by atoms with Gasteiger partial charge in [-0.25, -0.2) is 0 Å². The largest absolute Gasteiger partial charge is 0.460 e. The van der Waals surface area contributed by atoms with Crippen molar-refractivity contribution in [2.24, 2.45) is 5.92 Å². The number of rotatable bonds is 6. The molecule has 112 valence electrons. The Morgan fingerprint density at radius 2 is 1.80 bits per heavy atom. The van der Waals surface area contributed by atoms with Gasteiger partial charge in [0.25, 0.3) is 0 Å². The SMILES string of the molecule is CC(C)[C@@H](CC(=O)OC(C)(C)C)NCc1ccccc1. The first-order valence-corrected chi connectivity index (χ1v) is 7.27. The van der Waals surface area contributed by atoms with E-state index in [1.54, 1.807) is 0 Å². The van der Waals surface area contributed by atoms with Gasteiger partial charge in [-0.15, -0.1) is 0 Å². The molecule has 3 nitrogen and oxygen atoms in total. The Bertz CT molecular complexity index is 407. The lowest BCUT2D eigenvalue weighted by Crippen LogP contribution is -2.37. The number of hydrogen-bond donors (Lipinski definition) is 1. The van der Waals surface area contributed by atoms with Crippen molar-refractivity contribution >= 4 is 5.97 Å². The van der Waals surface area contributed by atoms with Crippen molar-refractivity contribution in [3.05, 3.63) is 35.9 Å². The van der Waals surface area contributed by atoms with Gasteiger partial charge in [-0.1, -0.05) is 44.2 Å². The third kappa shape index (κ3) is 6.71. The predicted octanol–water partition coefficient (Wildman–Crippen LogP) is 3.53. The summed E-state index contributed by atoms with van der Waals surface area (Å²) in [5.41, 5.74) is 0.806. The molecule has 3 heteroatoms. The molecule has 0 aliphatic rings. The normalized spacial score (nSPS) is 13.3. The molecular formula is C17H27NO2. The van der Waals surface area contributed by atoms with Crippen LogP contribution < -0.4 is 5.32 Å². The predicted molar refractivity (Wildman–Crippen MR) is 82.4 cm³/mol. The van der Waals surface area contributed by atoms with E-state index in [1.165, 1.54) is 5.56 Å². The molecule has 0 fully saturated rings. The molecule has 0 saturated heterocycles. The lowest BCUT2D eigenvalue weighted by atomic mass is 10.0. The van der Waals surface area contributed by atoms with Crippen LogP contribution in [0.3, 0.4) is 0 Å². The minimum atomic E-state index is -0.419. The molecule has 0 unspecified atom stereocenters. The Balaban J connectivity index is 2.51. The van der Waals surface area contributed by atoms with Crippen LogP contribution in [-0.4, -0.2) is 17.6 Å². The van der Waals surface area contributed by atoms with Gasteiger partial charge in [0.15, 0.2) is 0 Å². The first-order chi connectivity index (χ1) is 9.28. The van der Waals surface area contributed by atoms with Crippen molar-refractivity contribution in [2.45, 2.75) is 59.2 Å². The summed E-state index contributed by atoms with van der Waals surface area (Å²) in [6.45, 7) is 10.7. The fourth-order valence-electron chi connectivity index (χ4n) is 1.95. The first kappa shape index (κ1) is 16.7. The maximum Gasteiger partial charge on any atom is 0.307 e. The molecule has 1 N–H and O–H groups in total. The molecule has 1 atom stereocenters. The van der Waals surface area contributed by atoms with Gasteiger partial charge in [0.05, 0.1) is 6.42 Å². The van der Waals surface area contributed by atoms with Gasteiger partial charge in [-0.3, -0.25) is 4.79 Å². The summed E-state index contributed by atoms with van der Waals surface area (Å²) in [5, 5.41) is 3.45. The van der Waals surface area contributed by atoms with Crippen LogP contribution in [-0.2, 0) is 16.1 Å². The van der Waals surface area contributed by atoms with E-state index in [9.17, 15) is 4.79 Å². The molecule has 0 saturated carbocycles. The van der Waals surface area contributed by atoms with E-state index in [2.05, 4.69) is 31.3 Å². The van der Waals surface area contributed by atoms with E-state index < -0.39 is 5.60 Å². The smallest absolute Gasteiger partial charge is 0.307 e. The second-order valence-corrected chi connectivity index (χ2v) is 6.51. The maximum atomic E-state index is 11.9. The Hall–Kier alpha value is -1.35. The zero-order valence-corrected chi connectivity index (χ0v) is 13.3. The van der Waals surface area contributed by atoms with Gasteiger partial charge in [0.2, 0.25) is 0 Å². The molecular weight excluding hydrogens is 250 g/mol. The maximum absolute atomic E-state index is 11.9. The summed E-state index contributed by atoms with van der Waals surface area (Å²) in [6, 6.07) is 10.3. The third-order valence-electron chi connectivity index (χ3n) is 3.02. The summed E-state index contributed by atoms with van der Waals surface area (Å²) in [4.78, 5) is 11.9. The Kier molecular flexibility index (Phi) is 6.21. The number of nitrogens with one attached hydrogen (secondary N) is 1. The highest BCUT2D eigenvalue weighted by Gasteiger charge is 2.22.